The molecule has 0 saturated carbocycles. The van der Waals surface area contributed by atoms with Crippen LogP contribution in [0.3, 0.4) is 0 Å². The third-order valence-corrected chi connectivity index (χ3v) is 3.67. The van der Waals surface area contributed by atoms with Gasteiger partial charge < -0.3 is 9.47 Å². The quantitative estimate of drug-likeness (QED) is 0.432. The molecular formula is C16H12BrClO4. The molecule has 6 heteroatoms. The van der Waals surface area contributed by atoms with Gasteiger partial charge in [0.05, 0.1) is 21.7 Å². The summed E-state index contributed by atoms with van der Waals surface area (Å²) in [5.74, 6) is -0.0946. The highest BCUT2D eigenvalue weighted by atomic mass is 79.9. The van der Waals surface area contributed by atoms with Crippen molar-refractivity contribution < 1.29 is 19.1 Å². The molecule has 0 atom stereocenters. The van der Waals surface area contributed by atoms with Gasteiger partial charge in [-0.3, -0.25) is 4.79 Å². The van der Waals surface area contributed by atoms with E-state index in [4.69, 9.17) is 21.1 Å². The van der Waals surface area contributed by atoms with Crippen LogP contribution in [0.4, 0.5) is 0 Å². The monoisotopic (exact) mass is 382 g/mol. The molecule has 22 heavy (non-hydrogen) atoms. The molecule has 0 spiro atoms. The van der Waals surface area contributed by atoms with Crippen LogP contribution in [-0.2, 0) is 0 Å². The second-order valence-electron chi connectivity index (χ2n) is 4.25. The van der Waals surface area contributed by atoms with Gasteiger partial charge in [0.2, 0.25) is 0 Å². The van der Waals surface area contributed by atoms with Crippen LogP contribution < -0.4 is 9.47 Å². The summed E-state index contributed by atoms with van der Waals surface area (Å²) in [5, 5.41) is 0.297. The Morgan fingerprint density at radius 3 is 2.68 bits per heavy atom. The minimum atomic E-state index is -0.605. The number of esters is 1. The van der Waals surface area contributed by atoms with Crippen LogP contribution in [0.25, 0.3) is 0 Å². The zero-order valence-corrected chi connectivity index (χ0v) is 14.0. The van der Waals surface area contributed by atoms with Gasteiger partial charge >= 0.3 is 5.97 Å². The van der Waals surface area contributed by atoms with Crippen molar-refractivity contribution in [1.82, 2.24) is 0 Å². The van der Waals surface area contributed by atoms with Gasteiger partial charge in [-0.25, -0.2) is 4.79 Å². The SMILES string of the molecule is CCOc1cc(C=O)cc(Br)c1OC(=O)c1ccccc1Cl. The molecule has 0 N–H and O–H groups in total. The Bertz CT molecular complexity index is 715. The summed E-state index contributed by atoms with van der Waals surface area (Å²) in [4.78, 5) is 23.2. The third kappa shape index (κ3) is 3.67. The van der Waals surface area contributed by atoms with E-state index in [2.05, 4.69) is 15.9 Å². The van der Waals surface area contributed by atoms with Crippen LogP contribution in [0, 0.1) is 0 Å². The van der Waals surface area contributed by atoms with Crippen molar-refractivity contribution >= 4 is 39.8 Å². The highest BCUT2D eigenvalue weighted by Crippen LogP contribution is 2.37. The van der Waals surface area contributed by atoms with Crippen molar-refractivity contribution in [3.05, 3.63) is 57.0 Å². The standard InChI is InChI=1S/C16H12BrClO4/c1-2-21-14-8-10(9-19)7-12(17)15(14)22-16(20)11-5-3-4-6-13(11)18/h3-9H,2H2,1H3. The fourth-order valence-corrected chi connectivity index (χ4v) is 2.55. The number of carbonyl (C=O) groups excluding carboxylic acids is 2. The van der Waals surface area contributed by atoms with Gasteiger partial charge in [0.15, 0.2) is 11.5 Å². The lowest BCUT2D eigenvalue weighted by Crippen LogP contribution is -2.11. The van der Waals surface area contributed by atoms with E-state index in [1.807, 2.05) is 0 Å². The first-order valence-corrected chi connectivity index (χ1v) is 7.62. The van der Waals surface area contributed by atoms with E-state index in [1.165, 1.54) is 6.07 Å². The molecule has 0 fully saturated rings. The summed E-state index contributed by atoms with van der Waals surface area (Å²) < 4.78 is 11.3. The lowest BCUT2D eigenvalue weighted by Gasteiger charge is -2.13. The fourth-order valence-electron chi connectivity index (χ4n) is 1.79. The summed E-state index contributed by atoms with van der Waals surface area (Å²) in [6.45, 7) is 2.16. The zero-order chi connectivity index (χ0) is 16.1. The number of halogens is 2. The summed E-state index contributed by atoms with van der Waals surface area (Å²) >= 11 is 9.26. The summed E-state index contributed by atoms with van der Waals surface area (Å²) in [5.41, 5.74) is 0.658. The predicted octanol–water partition coefficient (Wildman–Crippen LogP) is 4.53. The Morgan fingerprint density at radius 2 is 2.05 bits per heavy atom. The van der Waals surface area contributed by atoms with E-state index in [-0.39, 0.29) is 11.3 Å². The highest BCUT2D eigenvalue weighted by molar-refractivity contribution is 9.10. The van der Waals surface area contributed by atoms with Crippen LogP contribution in [0.5, 0.6) is 11.5 Å². The molecule has 0 aromatic heterocycles. The van der Waals surface area contributed by atoms with Gasteiger partial charge in [-0.15, -0.1) is 0 Å². The highest BCUT2D eigenvalue weighted by Gasteiger charge is 2.18. The maximum atomic E-state index is 12.2. The number of rotatable bonds is 5. The van der Waals surface area contributed by atoms with E-state index in [0.29, 0.717) is 33.7 Å². The Labute approximate surface area is 141 Å². The number of hydrogen-bond donors (Lipinski definition) is 0. The fraction of sp³-hybridized carbons (Fsp3) is 0.125. The zero-order valence-electron chi connectivity index (χ0n) is 11.6. The topological polar surface area (TPSA) is 52.6 Å². The van der Waals surface area contributed by atoms with E-state index < -0.39 is 5.97 Å². The van der Waals surface area contributed by atoms with Gasteiger partial charge in [-0.2, -0.15) is 0 Å². The second kappa shape index (κ2) is 7.42. The molecule has 0 aliphatic heterocycles. The molecule has 0 aliphatic rings. The maximum Gasteiger partial charge on any atom is 0.345 e. The Kier molecular flexibility index (Phi) is 5.57. The van der Waals surface area contributed by atoms with E-state index in [9.17, 15) is 9.59 Å². The summed E-state index contributed by atoms with van der Waals surface area (Å²) in [6, 6.07) is 9.64. The average molecular weight is 384 g/mol. The van der Waals surface area contributed by atoms with Gasteiger partial charge in [-0.05, 0) is 47.1 Å². The molecule has 0 heterocycles. The molecule has 2 aromatic rings. The number of benzene rings is 2. The lowest BCUT2D eigenvalue weighted by atomic mass is 10.2. The van der Waals surface area contributed by atoms with E-state index in [1.54, 1.807) is 37.3 Å². The molecule has 0 unspecified atom stereocenters. The number of carbonyl (C=O) groups is 2. The van der Waals surface area contributed by atoms with Crippen LogP contribution >= 0.6 is 27.5 Å². The molecule has 2 aromatic carbocycles. The van der Waals surface area contributed by atoms with Crippen molar-refractivity contribution in [2.45, 2.75) is 6.92 Å². The molecule has 0 amide bonds. The summed E-state index contributed by atoms with van der Waals surface area (Å²) in [7, 11) is 0. The first-order chi connectivity index (χ1) is 10.6. The average Bonchev–Trinajstić information content (AvgIpc) is 2.50. The van der Waals surface area contributed by atoms with Crippen LogP contribution in [-0.4, -0.2) is 18.9 Å². The molecule has 2 rings (SSSR count). The maximum absolute atomic E-state index is 12.2. The molecule has 0 radical (unpaired) electrons. The van der Waals surface area contributed by atoms with Crippen molar-refractivity contribution in [2.24, 2.45) is 0 Å². The molecule has 0 saturated heterocycles. The van der Waals surface area contributed by atoms with Crippen LogP contribution in [0.2, 0.25) is 5.02 Å². The van der Waals surface area contributed by atoms with Gasteiger partial charge in [0.1, 0.15) is 6.29 Å². The first-order valence-electron chi connectivity index (χ1n) is 6.45. The third-order valence-electron chi connectivity index (χ3n) is 2.76. The van der Waals surface area contributed by atoms with E-state index >= 15 is 0 Å². The minimum absolute atomic E-state index is 0.206. The molecule has 114 valence electrons. The number of ether oxygens (including phenoxy) is 2. The summed E-state index contributed by atoms with van der Waals surface area (Å²) in [6.07, 6.45) is 0.687. The Balaban J connectivity index is 2.38. The van der Waals surface area contributed by atoms with Crippen molar-refractivity contribution in [3.8, 4) is 11.5 Å². The predicted molar refractivity (Wildman–Crippen MR) is 87.1 cm³/mol. The number of aldehydes is 1. The molecule has 0 bridgehead atoms. The van der Waals surface area contributed by atoms with E-state index in [0.717, 1.165) is 0 Å². The molecule has 4 nitrogen and oxygen atoms in total. The molecular weight excluding hydrogens is 372 g/mol. The lowest BCUT2D eigenvalue weighted by molar-refractivity contribution is 0.0727. The first kappa shape index (κ1) is 16.5. The number of hydrogen-bond acceptors (Lipinski definition) is 4. The van der Waals surface area contributed by atoms with Crippen molar-refractivity contribution in [2.75, 3.05) is 6.61 Å². The van der Waals surface area contributed by atoms with Crippen molar-refractivity contribution in [3.63, 3.8) is 0 Å². The van der Waals surface area contributed by atoms with Gasteiger partial charge in [-0.1, -0.05) is 23.7 Å². The largest absolute Gasteiger partial charge is 0.490 e. The van der Waals surface area contributed by atoms with Crippen LogP contribution in [0.1, 0.15) is 27.6 Å². The second-order valence-corrected chi connectivity index (χ2v) is 5.51. The molecule has 0 aliphatic carbocycles. The van der Waals surface area contributed by atoms with Crippen LogP contribution in [0.15, 0.2) is 40.9 Å². The van der Waals surface area contributed by atoms with Gasteiger partial charge in [0, 0.05) is 5.56 Å². The Hall–Kier alpha value is -1.85. The Morgan fingerprint density at radius 1 is 1.32 bits per heavy atom. The smallest absolute Gasteiger partial charge is 0.345 e. The van der Waals surface area contributed by atoms with Crippen molar-refractivity contribution in [1.29, 1.82) is 0 Å². The van der Waals surface area contributed by atoms with Gasteiger partial charge in [0.25, 0.3) is 0 Å². The minimum Gasteiger partial charge on any atom is -0.490 e. The normalized spacial score (nSPS) is 10.1.